The normalized spacial score (nSPS) is 11.5. The highest BCUT2D eigenvalue weighted by Crippen LogP contribution is 2.25. The molecule has 4 nitrogen and oxygen atoms in total. The van der Waals surface area contributed by atoms with Gasteiger partial charge in [0.15, 0.2) is 0 Å². The molecule has 0 aliphatic carbocycles. The van der Waals surface area contributed by atoms with Crippen LogP contribution in [0.5, 0.6) is 0 Å². The molecule has 27 heavy (non-hydrogen) atoms. The second-order valence-electron chi connectivity index (χ2n) is 6.84. The fourth-order valence-corrected chi connectivity index (χ4v) is 3.39. The predicted molar refractivity (Wildman–Crippen MR) is 112 cm³/mol. The third-order valence-electron chi connectivity index (χ3n) is 4.81. The summed E-state index contributed by atoms with van der Waals surface area (Å²) in [5, 5.41) is 5.37. The fourth-order valence-electron chi connectivity index (χ4n) is 3.39. The summed E-state index contributed by atoms with van der Waals surface area (Å²) in [7, 11) is 0. The summed E-state index contributed by atoms with van der Waals surface area (Å²) in [5.74, 6) is 0. The van der Waals surface area contributed by atoms with Crippen molar-refractivity contribution in [1.82, 2.24) is 9.78 Å². The van der Waals surface area contributed by atoms with Gasteiger partial charge >= 0.3 is 0 Å². The lowest BCUT2D eigenvalue weighted by Gasteiger charge is -2.06. The molecule has 0 aliphatic rings. The second kappa shape index (κ2) is 6.72. The molecular formula is C23H21N3O. The number of aliphatic imine (C=N–C) groups is 1. The van der Waals surface area contributed by atoms with E-state index in [1.165, 1.54) is 5.56 Å². The molecule has 134 valence electrons. The molecule has 0 fully saturated rings. The molecule has 3 aromatic carbocycles. The van der Waals surface area contributed by atoms with Gasteiger partial charge in [0.1, 0.15) is 0 Å². The molecule has 4 heteroatoms. The summed E-state index contributed by atoms with van der Waals surface area (Å²) in [5.41, 5.74) is 5.21. The van der Waals surface area contributed by atoms with E-state index < -0.39 is 0 Å². The Bertz CT molecular complexity index is 1220. The number of aromatic amines is 1. The Kier molecular flexibility index (Phi) is 4.24. The smallest absolute Gasteiger partial charge is 0.280 e. The maximum absolute atomic E-state index is 13.0. The summed E-state index contributed by atoms with van der Waals surface area (Å²) in [6.45, 7) is 5.95. The van der Waals surface area contributed by atoms with Gasteiger partial charge in [-0.2, -0.15) is 0 Å². The molecule has 0 aliphatic heterocycles. The number of hydrogen-bond acceptors (Lipinski definition) is 2. The Morgan fingerprint density at radius 2 is 1.74 bits per heavy atom. The Hall–Kier alpha value is -3.40. The first kappa shape index (κ1) is 17.0. The number of hydrogen-bond donors (Lipinski definition) is 1. The number of fused-ring (bicyclic) bond motifs is 1. The maximum Gasteiger partial charge on any atom is 0.280 e. The van der Waals surface area contributed by atoms with E-state index >= 15 is 0 Å². The molecule has 0 amide bonds. The van der Waals surface area contributed by atoms with Gasteiger partial charge in [0.05, 0.1) is 16.9 Å². The van der Waals surface area contributed by atoms with Crippen LogP contribution in [0.2, 0.25) is 0 Å². The van der Waals surface area contributed by atoms with Gasteiger partial charge in [-0.1, -0.05) is 54.1 Å². The Morgan fingerprint density at radius 1 is 0.963 bits per heavy atom. The van der Waals surface area contributed by atoms with Crippen LogP contribution in [-0.4, -0.2) is 16.0 Å². The van der Waals surface area contributed by atoms with Crippen LogP contribution in [0.4, 0.5) is 5.69 Å². The van der Waals surface area contributed by atoms with E-state index in [1.807, 2.05) is 63.2 Å². The van der Waals surface area contributed by atoms with Gasteiger partial charge < -0.3 is 0 Å². The molecule has 4 rings (SSSR count). The molecule has 0 spiro atoms. The Morgan fingerprint density at radius 3 is 2.56 bits per heavy atom. The zero-order valence-corrected chi connectivity index (χ0v) is 15.7. The highest BCUT2D eigenvalue weighted by Gasteiger charge is 2.12. The summed E-state index contributed by atoms with van der Waals surface area (Å²) < 4.78 is 1.59. The lowest BCUT2D eigenvalue weighted by atomic mass is 10.1. The van der Waals surface area contributed by atoms with Crippen molar-refractivity contribution in [3.8, 4) is 5.69 Å². The van der Waals surface area contributed by atoms with Crippen molar-refractivity contribution >= 4 is 22.7 Å². The molecule has 1 N–H and O–H groups in total. The standard InChI is InChI=1S/C23H21N3O/c1-15-11-12-22(16(2)13-15)26-23(27)20(17(3)25-26)14-24-21-10-6-8-18-7-4-5-9-19(18)21/h4-14,25H,1-3H3. The van der Waals surface area contributed by atoms with Crippen molar-refractivity contribution in [2.75, 3.05) is 0 Å². The molecular weight excluding hydrogens is 334 g/mol. The van der Waals surface area contributed by atoms with E-state index in [9.17, 15) is 4.79 Å². The van der Waals surface area contributed by atoms with Gasteiger partial charge in [0.2, 0.25) is 0 Å². The molecule has 1 heterocycles. The van der Waals surface area contributed by atoms with E-state index in [0.29, 0.717) is 5.56 Å². The quantitative estimate of drug-likeness (QED) is 0.517. The third-order valence-corrected chi connectivity index (χ3v) is 4.81. The molecule has 1 aromatic heterocycles. The van der Waals surface area contributed by atoms with Gasteiger partial charge in [-0.15, -0.1) is 0 Å². The van der Waals surface area contributed by atoms with Gasteiger partial charge in [0.25, 0.3) is 5.56 Å². The summed E-state index contributed by atoms with van der Waals surface area (Å²) in [4.78, 5) is 17.6. The van der Waals surface area contributed by atoms with E-state index in [0.717, 1.165) is 33.4 Å². The predicted octanol–water partition coefficient (Wildman–Crippen LogP) is 4.99. The third kappa shape index (κ3) is 3.10. The van der Waals surface area contributed by atoms with Crippen LogP contribution in [0.25, 0.3) is 16.5 Å². The minimum atomic E-state index is -0.0940. The van der Waals surface area contributed by atoms with E-state index in [-0.39, 0.29) is 5.56 Å². The van der Waals surface area contributed by atoms with Gasteiger partial charge in [0, 0.05) is 17.3 Å². The fraction of sp³-hybridized carbons (Fsp3) is 0.130. The van der Waals surface area contributed by atoms with Crippen LogP contribution in [0, 0.1) is 20.8 Å². The zero-order chi connectivity index (χ0) is 19.0. The first-order chi connectivity index (χ1) is 13.0. The van der Waals surface area contributed by atoms with Crippen LogP contribution >= 0.6 is 0 Å². The van der Waals surface area contributed by atoms with Crippen LogP contribution < -0.4 is 5.56 Å². The molecule has 0 bridgehead atoms. The highest BCUT2D eigenvalue weighted by atomic mass is 16.1. The Labute approximate surface area is 157 Å². The van der Waals surface area contributed by atoms with Crippen molar-refractivity contribution in [2.24, 2.45) is 4.99 Å². The van der Waals surface area contributed by atoms with Crippen molar-refractivity contribution in [3.63, 3.8) is 0 Å². The lowest BCUT2D eigenvalue weighted by Crippen LogP contribution is -2.18. The average Bonchev–Trinajstić information content (AvgIpc) is 2.94. The number of nitrogens with one attached hydrogen (secondary N) is 1. The van der Waals surface area contributed by atoms with Crippen molar-refractivity contribution in [3.05, 3.63) is 93.4 Å². The number of nitrogens with zero attached hydrogens (tertiary/aromatic N) is 2. The van der Waals surface area contributed by atoms with Crippen LogP contribution in [0.1, 0.15) is 22.4 Å². The van der Waals surface area contributed by atoms with Crippen LogP contribution in [0.15, 0.2) is 70.5 Å². The monoisotopic (exact) mass is 355 g/mol. The van der Waals surface area contributed by atoms with Crippen molar-refractivity contribution in [1.29, 1.82) is 0 Å². The molecule has 0 atom stereocenters. The first-order valence-electron chi connectivity index (χ1n) is 8.95. The number of aryl methyl sites for hydroxylation is 3. The lowest BCUT2D eigenvalue weighted by molar-refractivity contribution is 0.828. The summed E-state index contributed by atoms with van der Waals surface area (Å²) in [6.07, 6.45) is 1.66. The molecule has 0 unspecified atom stereocenters. The van der Waals surface area contributed by atoms with E-state index in [1.54, 1.807) is 10.9 Å². The minimum Gasteiger partial charge on any atom is -0.295 e. The number of aromatic nitrogens is 2. The van der Waals surface area contributed by atoms with Crippen molar-refractivity contribution in [2.45, 2.75) is 20.8 Å². The molecule has 4 aromatic rings. The summed E-state index contributed by atoms with van der Waals surface area (Å²) in [6, 6.07) is 20.2. The number of benzene rings is 3. The van der Waals surface area contributed by atoms with E-state index in [2.05, 4.69) is 28.3 Å². The molecule has 0 saturated carbocycles. The first-order valence-corrected chi connectivity index (χ1v) is 8.95. The van der Waals surface area contributed by atoms with E-state index in [4.69, 9.17) is 0 Å². The maximum atomic E-state index is 13.0. The number of rotatable bonds is 3. The van der Waals surface area contributed by atoms with Gasteiger partial charge in [-0.25, -0.2) is 4.68 Å². The van der Waals surface area contributed by atoms with Crippen LogP contribution in [0.3, 0.4) is 0 Å². The van der Waals surface area contributed by atoms with Crippen LogP contribution in [-0.2, 0) is 0 Å². The summed E-state index contributed by atoms with van der Waals surface area (Å²) >= 11 is 0. The zero-order valence-electron chi connectivity index (χ0n) is 15.7. The highest BCUT2D eigenvalue weighted by molar-refractivity contribution is 5.95. The topological polar surface area (TPSA) is 50.1 Å². The SMILES string of the molecule is Cc1ccc(-n2[nH]c(C)c(C=Nc3cccc4ccccc34)c2=O)c(C)c1. The molecule has 0 radical (unpaired) electrons. The second-order valence-corrected chi connectivity index (χ2v) is 6.84. The van der Waals surface area contributed by atoms with Gasteiger partial charge in [-0.05, 0) is 43.9 Å². The molecule has 0 saturated heterocycles. The Balaban J connectivity index is 1.78. The minimum absolute atomic E-state index is 0.0940. The van der Waals surface area contributed by atoms with Crippen molar-refractivity contribution < 1.29 is 0 Å². The number of H-pyrrole nitrogens is 1. The van der Waals surface area contributed by atoms with Gasteiger partial charge in [-0.3, -0.25) is 14.9 Å². The largest absolute Gasteiger partial charge is 0.295 e. The average molecular weight is 355 g/mol.